The molecule has 0 radical (unpaired) electrons. The number of hydrogen-bond donors (Lipinski definition) is 0. The largest absolute Gasteiger partial charge is 0.350 e. The summed E-state index contributed by atoms with van der Waals surface area (Å²) in [5.74, 6) is 0. The van der Waals surface area contributed by atoms with Gasteiger partial charge in [0, 0.05) is 4.88 Å². The second-order valence-electron chi connectivity index (χ2n) is 1.77. The molecule has 0 saturated heterocycles. The second-order valence-corrected chi connectivity index (χ2v) is 5.51. The Hall–Kier alpha value is -0.0100. The zero-order chi connectivity index (χ0) is 8.65. The van der Waals surface area contributed by atoms with Gasteiger partial charge in [-0.2, -0.15) is 8.42 Å². The van der Waals surface area contributed by atoms with E-state index >= 15 is 0 Å². The number of nitrogens with zero attached hydrogens (tertiary/aromatic N) is 1. The van der Waals surface area contributed by atoms with Crippen LogP contribution in [0.2, 0.25) is 0 Å². The average molecular weight is 260 g/mol. The van der Waals surface area contributed by atoms with Crippen molar-refractivity contribution in [3.05, 3.63) is 8.79 Å². The van der Waals surface area contributed by atoms with Crippen molar-refractivity contribution in [2.24, 2.45) is 0 Å². The van der Waals surface area contributed by atoms with Crippen molar-refractivity contribution in [3.8, 4) is 0 Å². The Morgan fingerprint density at radius 2 is 2.18 bits per heavy atom. The number of thiazole rings is 1. The highest BCUT2D eigenvalue weighted by atomic mass is 79.9. The van der Waals surface area contributed by atoms with Gasteiger partial charge in [-0.15, -0.1) is 11.3 Å². The van der Waals surface area contributed by atoms with Gasteiger partial charge in [-0.25, -0.2) is 4.98 Å². The van der Waals surface area contributed by atoms with Gasteiger partial charge in [0.15, 0.2) is 3.92 Å². The summed E-state index contributed by atoms with van der Waals surface area (Å²) in [4.78, 5) is 3.80. The summed E-state index contributed by atoms with van der Waals surface area (Å²) in [5, 5.41) is -0.491. The predicted molar refractivity (Wildman–Crippen MR) is 42.8 cm³/mol. The fourth-order valence-corrected chi connectivity index (χ4v) is 3.15. The summed E-state index contributed by atoms with van der Waals surface area (Å²) in [6.07, 6.45) is 0. The van der Waals surface area contributed by atoms with Gasteiger partial charge in [-0.05, 0) is 22.9 Å². The van der Waals surface area contributed by atoms with Crippen molar-refractivity contribution in [2.45, 2.75) is 11.9 Å². The number of hydrogen-bond acceptors (Lipinski definition) is 4. The molecule has 0 aliphatic carbocycles. The van der Waals surface area contributed by atoms with E-state index in [1.807, 2.05) is 0 Å². The molecule has 0 fully saturated rings. The lowest BCUT2D eigenvalue weighted by atomic mass is 10.6. The van der Waals surface area contributed by atoms with Gasteiger partial charge in [-0.1, -0.05) is 3.89 Å². The quantitative estimate of drug-likeness (QED) is 0.724. The molecule has 0 unspecified atom stereocenters. The highest BCUT2D eigenvalue weighted by Crippen LogP contribution is 2.26. The molecule has 0 aliphatic heterocycles. The summed E-state index contributed by atoms with van der Waals surface area (Å²) < 4.78 is 33.3. The van der Waals surface area contributed by atoms with Crippen molar-refractivity contribution in [3.63, 3.8) is 0 Å². The number of rotatable bonds is 1. The van der Waals surface area contributed by atoms with Gasteiger partial charge in [0.1, 0.15) is 0 Å². The first kappa shape index (κ1) is 9.08. The van der Waals surface area contributed by atoms with E-state index in [1.54, 1.807) is 0 Å². The molecule has 1 rings (SSSR count). The zero-order valence-electron chi connectivity index (χ0n) is 5.34. The van der Waals surface area contributed by atoms with Crippen LogP contribution < -0.4 is 0 Å². The summed E-state index contributed by atoms with van der Waals surface area (Å²) in [7, 11) is -4.64. The van der Waals surface area contributed by atoms with E-state index in [2.05, 4.69) is 20.9 Å². The van der Waals surface area contributed by atoms with Crippen LogP contribution in [-0.4, -0.2) is 13.4 Å². The van der Waals surface area contributed by atoms with Crippen LogP contribution in [0, 0.1) is 6.92 Å². The third kappa shape index (κ3) is 1.97. The molecule has 11 heavy (non-hydrogen) atoms. The predicted octanol–water partition coefficient (Wildman–Crippen LogP) is 1.87. The molecular weight excluding hydrogens is 257 g/mol. The lowest BCUT2D eigenvalue weighted by Gasteiger charge is -1.86. The fraction of sp³-hybridized carbons (Fsp3) is 0.250. The molecule has 0 aromatic carbocycles. The summed E-state index contributed by atoms with van der Waals surface area (Å²) in [5.41, 5.74) is 0. The maximum absolute atomic E-state index is 12.3. The van der Waals surface area contributed by atoms with Crippen LogP contribution >= 0.6 is 27.3 Å². The molecule has 0 atom stereocenters. The average Bonchev–Trinajstić information content (AvgIpc) is 2.08. The number of aryl methyl sites for hydroxylation is 1. The van der Waals surface area contributed by atoms with Crippen LogP contribution in [0.25, 0.3) is 0 Å². The molecule has 0 bridgehead atoms. The Balaban J connectivity index is 3.36. The standard InChI is InChI=1S/C4H3BrFNO2S2/c1-2-3(11(6,8)9)7-4(5)10-2/h1H3. The maximum atomic E-state index is 12.3. The van der Waals surface area contributed by atoms with Gasteiger partial charge >= 0.3 is 10.2 Å². The molecular formula is C4H3BrFNO2S2. The van der Waals surface area contributed by atoms with Crippen molar-refractivity contribution < 1.29 is 12.3 Å². The van der Waals surface area contributed by atoms with E-state index in [9.17, 15) is 12.3 Å². The zero-order valence-corrected chi connectivity index (χ0v) is 8.56. The SMILES string of the molecule is Cc1sc(Br)nc1S(=O)(=O)F. The Kier molecular flexibility index (Phi) is 2.31. The summed E-state index contributed by atoms with van der Waals surface area (Å²) in [6, 6.07) is 0. The Bertz CT molecular complexity index is 371. The molecule has 0 aliphatic rings. The van der Waals surface area contributed by atoms with Crippen LogP contribution in [0.4, 0.5) is 3.89 Å². The molecule has 0 N–H and O–H groups in total. The van der Waals surface area contributed by atoms with Crippen molar-refractivity contribution in [1.82, 2.24) is 4.98 Å². The van der Waals surface area contributed by atoms with E-state index in [0.29, 0.717) is 8.79 Å². The van der Waals surface area contributed by atoms with Crippen LogP contribution in [0.3, 0.4) is 0 Å². The summed E-state index contributed by atoms with van der Waals surface area (Å²) >= 11 is 4.03. The highest BCUT2D eigenvalue weighted by Gasteiger charge is 2.19. The van der Waals surface area contributed by atoms with E-state index in [0.717, 1.165) is 11.3 Å². The first-order chi connectivity index (χ1) is 4.91. The molecule has 3 nitrogen and oxygen atoms in total. The smallest absolute Gasteiger partial charge is 0.215 e. The van der Waals surface area contributed by atoms with Gasteiger partial charge in [0.25, 0.3) is 0 Å². The maximum Gasteiger partial charge on any atom is 0.350 e. The summed E-state index contributed by atoms with van der Waals surface area (Å²) in [6.45, 7) is 1.49. The van der Waals surface area contributed by atoms with E-state index in [-0.39, 0.29) is 0 Å². The third-order valence-electron chi connectivity index (χ3n) is 0.959. The third-order valence-corrected chi connectivity index (χ3v) is 3.37. The minimum Gasteiger partial charge on any atom is -0.215 e. The minimum atomic E-state index is -4.64. The van der Waals surface area contributed by atoms with Crippen molar-refractivity contribution in [1.29, 1.82) is 0 Å². The van der Waals surface area contributed by atoms with Gasteiger partial charge in [0.2, 0.25) is 5.03 Å². The number of aromatic nitrogens is 1. The molecule has 0 amide bonds. The second kappa shape index (κ2) is 2.80. The van der Waals surface area contributed by atoms with Crippen LogP contribution in [0.1, 0.15) is 4.88 Å². The Labute approximate surface area is 75.6 Å². The highest BCUT2D eigenvalue weighted by molar-refractivity contribution is 9.11. The lowest BCUT2D eigenvalue weighted by molar-refractivity contribution is 0.548. The van der Waals surface area contributed by atoms with Gasteiger partial charge in [0.05, 0.1) is 0 Å². The molecule has 1 aromatic rings. The molecule has 62 valence electrons. The first-order valence-corrected chi connectivity index (χ1v) is 5.48. The van der Waals surface area contributed by atoms with Crippen LogP contribution in [0.15, 0.2) is 8.94 Å². The molecule has 1 heterocycles. The van der Waals surface area contributed by atoms with Crippen LogP contribution in [-0.2, 0) is 10.2 Å². The monoisotopic (exact) mass is 259 g/mol. The van der Waals surface area contributed by atoms with E-state index < -0.39 is 15.2 Å². The van der Waals surface area contributed by atoms with E-state index in [1.165, 1.54) is 6.92 Å². The van der Waals surface area contributed by atoms with Gasteiger partial charge in [-0.3, -0.25) is 0 Å². The topological polar surface area (TPSA) is 47.0 Å². The lowest BCUT2D eigenvalue weighted by Crippen LogP contribution is -1.93. The normalized spacial score (nSPS) is 11.9. The molecule has 1 aromatic heterocycles. The Morgan fingerprint density at radius 3 is 2.36 bits per heavy atom. The van der Waals surface area contributed by atoms with Crippen molar-refractivity contribution >= 4 is 37.5 Å². The van der Waals surface area contributed by atoms with Crippen LogP contribution in [0.5, 0.6) is 0 Å². The van der Waals surface area contributed by atoms with E-state index in [4.69, 9.17) is 0 Å². The molecule has 0 saturated carbocycles. The molecule has 7 heteroatoms. The Morgan fingerprint density at radius 1 is 1.64 bits per heavy atom. The van der Waals surface area contributed by atoms with Crippen molar-refractivity contribution in [2.75, 3.05) is 0 Å². The molecule has 0 spiro atoms. The number of halogens is 2. The van der Waals surface area contributed by atoms with Gasteiger partial charge < -0.3 is 0 Å². The fourth-order valence-electron chi connectivity index (χ4n) is 0.578. The minimum absolute atomic E-state index is 0.347. The first-order valence-electron chi connectivity index (χ1n) is 2.49.